The van der Waals surface area contributed by atoms with Crippen molar-refractivity contribution < 1.29 is 13.5 Å². The van der Waals surface area contributed by atoms with E-state index in [1.165, 1.54) is 12.3 Å². The molecule has 1 N–H and O–H groups in total. The molecule has 4 rings (SSSR count). The first-order chi connectivity index (χ1) is 12.0. The number of nitrogens with one attached hydrogen (secondary N) is 1. The second kappa shape index (κ2) is 6.34. The number of ether oxygens (including phenoxy) is 1. The summed E-state index contributed by atoms with van der Waals surface area (Å²) in [6, 6.07) is 10.8. The van der Waals surface area contributed by atoms with Crippen LogP contribution >= 0.6 is 11.6 Å². The molecule has 0 amide bonds. The van der Waals surface area contributed by atoms with Crippen molar-refractivity contribution >= 4 is 22.0 Å². The second-order valence-electron chi connectivity index (χ2n) is 6.57. The van der Waals surface area contributed by atoms with Gasteiger partial charge in [0.2, 0.25) is 4.90 Å². The van der Waals surface area contributed by atoms with Gasteiger partial charge in [-0.2, -0.15) is 0 Å². The quantitative estimate of drug-likeness (QED) is 0.810. The Balaban J connectivity index is 1.52. The lowest BCUT2D eigenvalue weighted by Gasteiger charge is -2.28. The summed E-state index contributed by atoms with van der Waals surface area (Å²) in [6.45, 7) is 2.39. The average Bonchev–Trinajstić information content (AvgIpc) is 2.92. The van der Waals surface area contributed by atoms with Gasteiger partial charge >= 0.3 is 0 Å². The van der Waals surface area contributed by atoms with Crippen LogP contribution in [0.25, 0.3) is 0 Å². The molecule has 1 aromatic heterocycles. The first-order valence-corrected chi connectivity index (χ1v) is 9.91. The van der Waals surface area contributed by atoms with Crippen LogP contribution in [0.1, 0.15) is 12.0 Å². The average molecular weight is 380 g/mol. The minimum Gasteiger partial charge on any atom is -0.593 e. The molecule has 2 unspecified atom stereocenters. The number of rotatable bonds is 2. The molecule has 0 saturated carbocycles. The Hall–Kier alpha value is -1.51. The fourth-order valence-corrected chi connectivity index (χ4v) is 5.04. The van der Waals surface area contributed by atoms with Gasteiger partial charge in [0.05, 0.1) is 0 Å². The monoisotopic (exact) mass is 379 g/mol. The van der Waals surface area contributed by atoms with Gasteiger partial charge in [-0.3, -0.25) is 4.90 Å². The van der Waals surface area contributed by atoms with E-state index in [9.17, 15) is 8.76 Å². The van der Waals surface area contributed by atoms with E-state index in [4.69, 9.17) is 16.3 Å². The highest BCUT2D eigenvalue weighted by atomic mass is 35.5. The zero-order chi connectivity index (χ0) is 17.5. The Morgan fingerprint density at radius 3 is 2.96 bits per heavy atom. The van der Waals surface area contributed by atoms with E-state index in [0.717, 1.165) is 18.7 Å². The number of halogens is 1. The Morgan fingerprint density at radius 2 is 2.16 bits per heavy atom. The molecule has 1 spiro atoms. The summed E-state index contributed by atoms with van der Waals surface area (Å²) in [4.78, 5) is 6.38. The highest BCUT2D eigenvalue weighted by molar-refractivity contribution is 7.96. The van der Waals surface area contributed by atoms with Crippen LogP contribution in [-0.4, -0.2) is 39.7 Å². The summed E-state index contributed by atoms with van der Waals surface area (Å²) in [5.74, 6) is 0.169. The topological polar surface area (TPSA) is 77.5 Å². The molecule has 1 aromatic carbocycles. The number of pyridine rings is 1. The normalized spacial score (nSPS) is 29.2. The fraction of sp³-hybridized carbons (Fsp3) is 0.353. The lowest BCUT2D eigenvalue weighted by Crippen LogP contribution is -2.54. The van der Waals surface area contributed by atoms with Gasteiger partial charge in [-0.1, -0.05) is 27.9 Å². The van der Waals surface area contributed by atoms with Gasteiger partial charge in [-0.25, -0.2) is 4.98 Å². The van der Waals surface area contributed by atoms with Gasteiger partial charge in [-0.15, -0.1) is 4.72 Å². The van der Waals surface area contributed by atoms with Crippen molar-refractivity contribution in [2.75, 3.05) is 19.7 Å². The molecule has 2 aliphatic heterocycles. The highest BCUT2D eigenvalue weighted by Crippen LogP contribution is 2.34. The second-order valence-corrected chi connectivity index (χ2v) is 8.66. The molecule has 1 saturated heterocycles. The first kappa shape index (κ1) is 16.9. The van der Waals surface area contributed by atoms with Gasteiger partial charge in [0, 0.05) is 36.9 Å². The van der Waals surface area contributed by atoms with Crippen molar-refractivity contribution in [3.8, 4) is 5.88 Å². The predicted molar refractivity (Wildman–Crippen MR) is 94.0 cm³/mol. The Morgan fingerprint density at radius 1 is 1.36 bits per heavy atom. The van der Waals surface area contributed by atoms with Crippen LogP contribution in [0.5, 0.6) is 5.88 Å². The third-order valence-electron chi connectivity index (χ3n) is 4.61. The van der Waals surface area contributed by atoms with Gasteiger partial charge in [0.15, 0.2) is 10.4 Å². The molecule has 0 bridgehead atoms. The zero-order valence-electron chi connectivity index (χ0n) is 13.5. The number of sulfonamides is 1. The molecule has 0 aliphatic carbocycles. The zero-order valence-corrected chi connectivity index (χ0v) is 15.1. The standard InChI is InChI=1S/C17H18ClN3O3S/c18-14-5-3-13(4-6-14)10-21-9-7-17(11-21)12-24-16-15(2-1-8-19-16)25(22,23)20-17/h1-6,8H,7,9-12H2,(H-,20,22,23). The minimum atomic E-state index is -3.65. The predicted octanol–water partition coefficient (Wildman–Crippen LogP) is 2.27. The lowest BCUT2D eigenvalue weighted by atomic mass is 10.0. The number of hydrogen-bond donors (Lipinski definition) is 1. The van der Waals surface area contributed by atoms with Crippen molar-refractivity contribution in [3.63, 3.8) is 0 Å². The lowest BCUT2D eigenvalue weighted by molar-refractivity contribution is 0.192. The van der Waals surface area contributed by atoms with Crippen LogP contribution in [0.2, 0.25) is 5.02 Å². The van der Waals surface area contributed by atoms with Gasteiger partial charge in [0.25, 0.3) is 5.88 Å². The maximum Gasteiger partial charge on any atom is 0.272 e. The molecule has 2 aliphatic rings. The Labute approximate surface area is 152 Å². The van der Waals surface area contributed by atoms with E-state index in [2.05, 4.69) is 14.6 Å². The SMILES string of the molecule is O=[S+]1([O-])NC2(CCN(Cc3ccc(Cl)cc3)C2)COc2ncccc21. The van der Waals surface area contributed by atoms with Crippen LogP contribution in [0.4, 0.5) is 0 Å². The first-order valence-electron chi connectivity index (χ1n) is 8.04. The van der Waals surface area contributed by atoms with Crippen LogP contribution < -0.4 is 9.46 Å². The number of benzene rings is 1. The molecule has 6 nitrogen and oxygen atoms in total. The van der Waals surface area contributed by atoms with E-state index in [1.54, 1.807) is 6.07 Å². The molecule has 25 heavy (non-hydrogen) atoms. The number of hydrogen-bond acceptors (Lipinski definition) is 5. The van der Waals surface area contributed by atoms with Crippen molar-refractivity contribution in [1.82, 2.24) is 14.6 Å². The van der Waals surface area contributed by atoms with Gasteiger partial charge < -0.3 is 9.29 Å². The van der Waals surface area contributed by atoms with Gasteiger partial charge in [0.1, 0.15) is 12.1 Å². The maximum absolute atomic E-state index is 12.7. The summed E-state index contributed by atoms with van der Waals surface area (Å²) in [5, 5.41) is 0.705. The van der Waals surface area contributed by atoms with E-state index in [0.29, 0.717) is 18.0 Å². The van der Waals surface area contributed by atoms with Crippen LogP contribution in [-0.2, 0) is 21.2 Å². The smallest absolute Gasteiger partial charge is 0.272 e. The summed E-state index contributed by atoms with van der Waals surface area (Å²) < 4.78 is 34.0. The fourth-order valence-electron chi connectivity index (χ4n) is 3.41. The summed E-state index contributed by atoms with van der Waals surface area (Å²) >= 11 is 5.93. The molecule has 132 valence electrons. The summed E-state index contributed by atoms with van der Waals surface area (Å²) in [7, 11) is -3.65. The third-order valence-corrected chi connectivity index (χ3v) is 6.46. The Bertz CT molecular complexity index is 832. The van der Waals surface area contributed by atoms with Crippen LogP contribution in [0, 0.1) is 0 Å². The molecule has 8 heteroatoms. The van der Waals surface area contributed by atoms with Crippen LogP contribution in [0.3, 0.4) is 0 Å². The molecule has 0 radical (unpaired) electrons. The van der Waals surface area contributed by atoms with Crippen molar-refractivity contribution in [2.45, 2.75) is 23.4 Å². The van der Waals surface area contributed by atoms with Crippen molar-refractivity contribution in [3.05, 3.63) is 53.2 Å². The van der Waals surface area contributed by atoms with E-state index in [1.807, 2.05) is 24.3 Å². The maximum atomic E-state index is 12.7. The largest absolute Gasteiger partial charge is 0.593 e. The molecule has 2 atom stereocenters. The van der Waals surface area contributed by atoms with Crippen molar-refractivity contribution in [1.29, 1.82) is 0 Å². The molecule has 3 heterocycles. The van der Waals surface area contributed by atoms with E-state index >= 15 is 0 Å². The summed E-state index contributed by atoms with van der Waals surface area (Å²) in [5.41, 5.74) is 0.509. The molecule has 2 aromatic rings. The molecular formula is C17H18ClN3O3S. The summed E-state index contributed by atoms with van der Waals surface area (Å²) in [6.07, 6.45) is 2.22. The number of aromatic nitrogens is 1. The molecular weight excluding hydrogens is 362 g/mol. The third kappa shape index (κ3) is 3.43. The Kier molecular flexibility index (Phi) is 4.29. The van der Waals surface area contributed by atoms with E-state index in [-0.39, 0.29) is 17.4 Å². The van der Waals surface area contributed by atoms with E-state index < -0.39 is 15.9 Å². The van der Waals surface area contributed by atoms with Crippen LogP contribution in [0.15, 0.2) is 47.5 Å². The molecule has 1 fully saturated rings. The number of fused-ring (bicyclic) bond motifs is 1. The van der Waals surface area contributed by atoms with Crippen molar-refractivity contribution in [2.24, 2.45) is 0 Å². The number of nitrogens with zero attached hydrogens (tertiary/aromatic N) is 2. The minimum absolute atomic E-state index is 0.100. The highest BCUT2D eigenvalue weighted by Gasteiger charge is 2.48. The number of likely N-dealkylation sites (tertiary alicyclic amines) is 1. The van der Waals surface area contributed by atoms with Gasteiger partial charge in [-0.05, 0) is 30.2 Å².